The number of aryl methyl sites for hydroxylation is 1. The Labute approximate surface area is 144 Å². The number of aliphatic hydroxyl groups excluding tert-OH is 1. The number of carbonyl (C=O) groups excluding carboxylic acids is 1. The minimum Gasteiger partial charge on any atom is -0.494 e. The number of hydrogen-bond donors (Lipinski definition) is 1. The molecule has 1 aliphatic heterocycles. The fourth-order valence-electron chi connectivity index (χ4n) is 2.86. The lowest BCUT2D eigenvalue weighted by Crippen LogP contribution is -2.32. The SMILES string of the molecule is Cc1noc([C@H]2C[C@@H](O)CN2C(=O)CCCOc2ccc(F)cc2)n1. The summed E-state index contributed by atoms with van der Waals surface area (Å²) in [6.45, 7) is 2.30. The van der Waals surface area contributed by atoms with Crippen molar-refractivity contribution in [3.63, 3.8) is 0 Å². The van der Waals surface area contributed by atoms with Gasteiger partial charge < -0.3 is 19.3 Å². The molecule has 0 spiro atoms. The largest absolute Gasteiger partial charge is 0.494 e. The highest BCUT2D eigenvalue weighted by atomic mass is 19.1. The first-order chi connectivity index (χ1) is 12.0. The lowest BCUT2D eigenvalue weighted by atomic mass is 10.2. The molecular weight excluding hydrogens is 329 g/mol. The Morgan fingerprint density at radius 1 is 1.44 bits per heavy atom. The Hall–Kier alpha value is -2.48. The van der Waals surface area contributed by atoms with Gasteiger partial charge in [0.05, 0.1) is 12.7 Å². The van der Waals surface area contributed by atoms with Gasteiger partial charge in [0.25, 0.3) is 0 Å². The average molecular weight is 349 g/mol. The van der Waals surface area contributed by atoms with Crippen molar-refractivity contribution in [2.75, 3.05) is 13.2 Å². The van der Waals surface area contributed by atoms with Gasteiger partial charge in [-0.2, -0.15) is 4.98 Å². The maximum atomic E-state index is 12.8. The molecule has 3 rings (SSSR count). The van der Waals surface area contributed by atoms with Crippen LogP contribution in [0.2, 0.25) is 0 Å². The molecule has 1 fully saturated rings. The molecule has 0 bridgehead atoms. The molecule has 8 heteroatoms. The van der Waals surface area contributed by atoms with E-state index < -0.39 is 6.10 Å². The summed E-state index contributed by atoms with van der Waals surface area (Å²) >= 11 is 0. The number of aromatic nitrogens is 2. The van der Waals surface area contributed by atoms with E-state index in [2.05, 4.69) is 10.1 Å². The number of ether oxygens (including phenoxy) is 1. The van der Waals surface area contributed by atoms with Gasteiger partial charge in [-0.1, -0.05) is 5.16 Å². The van der Waals surface area contributed by atoms with E-state index in [9.17, 15) is 14.3 Å². The molecule has 2 heterocycles. The van der Waals surface area contributed by atoms with Crippen LogP contribution >= 0.6 is 0 Å². The molecule has 0 aliphatic carbocycles. The summed E-state index contributed by atoms with van der Waals surface area (Å²) in [6.07, 6.45) is 0.576. The fraction of sp³-hybridized carbons (Fsp3) is 0.471. The highest BCUT2D eigenvalue weighted by Crippen LogP contribution is 2.31. The van der Waals surface area contributed by atoms with Crippen LogP contribution in [0.1, 0.15) is 37.0 Å². The van der Waals surface area contributed by atoms with Gasteiger partial charge in [-0.25, -0.2) is 4.39 Å². The number of hydrogen-bond acceptors (Lipinski definition) is 6. The number of amides is 1. The van der Waals surface area contributed by atoms with Crippen molar-refractivity contribution < 1.29 is 23.6 Å². The molecule has 1 saturated heterocycles. The second-order valence-corrected chi connectivity index (χ2v) is 6.04. The van der Waals surface area contributed by atoms with Gasteiger partial charge >= 0.3 is 0 Å². The van der Waals surface area contributed by atoms with E-state index in [0.29, 0.717) is 36.9 Å². The predicted molar refractivity (Wildman–Crippen MR) is 85.2 cm³/mol. The molecule has 7 nitrogen and oxygen atoms in total. The lowest BCUT2D eigenvalue weighted by molar-refractivity contribution is -0.133. The van der Waals surface area contributed by atoms with Gasteiger partial charge in [0.15, 0.2) is 5.82 Å². The molecule has 2 atom stereocenters. The summed E-state index contributed by atoms with van der Waals surface area (Å²) in [5.74, 6) is 0.989. The van der Waals surface area contributed by atoms with Crippen molar-refractivity contribution in [1.29, 1.82) is 0 Å². The van der Waals surface area contributed by atoms with Crippen molar-refractivity contribution in [3.05, 3.63) is 41.8 Å². The highest BCUT2D eigenvalue weighted by Gasteiger charge is 2.38. The van der Waals surface area contributed by atoms with Crippen LogP contribution in [0.3, 0.4) is 0 Å². The second-order valence-electron chi connectivity index (χ2n) is 6.04. The quantitative estimate of drug-likeness (QED) is 0.803. The van der Waals surface area contributed by atoms with E-state index in [1.165, 1.54) is 12.1 Å². The molecule has 134 valence electrons. The summed E-state index contributed by atoms with van der Waals surface area (Å²) in [4.78, 5) is 18.2. The Bertz CT molecular complexity index is 719. The van der Waals surface area contributed by atoms with Gasteiger partial charge in [0, 0.05) is 19.4 Å². The first-order valence-electron chi connectivity index (χ1n) is 8.19. The summed E-state index contributed by atoms with van der Waals surface area (Å²) in [5.41, 5.74) is 0. The summed E-state index contributed by atoms with van der Waals surface area (Å²) in [6, 6.07) is 5.34. The highest BCUT2D eigenvalue weighted by molar-refractivity contribution is 5.77. The fourth-order valence-corrected chi connectivity index (χ4v) is 2.86. The topological polar surface area (TPSA) is 88.7 Å². The van der Waals surface area contributed by atoms with E-state index in [-0.39, 0.29) is 30.7 Å². The van der Waals surface area contributed by atoms with E-state index in [4.69, 9.17) is 9.26 Å². The number of halogens is 1. The van der Waals surface area contributed by atoms with Gasteiger partial charge in [0.2, 0.25) is 11.8 Å². The first kappa shape index (κ1) is 17.3. The predicted octanol–water partition coefficient (Wildman–Crippen LogP) is 2.01. The molecule has 1 amide bonds. The van der Waals surface area contributed by atoms with Crippen LogP contribution in [0, 0.1) is 12.7 Å². The summed E-state index contributed by atoms with van der Waals surface area (Å²) < 4.78 is 23.5. The maximum absolute atomic E-state index is 12.8. The molecule has 25 heavy (non-hydrogen) atoms. The third-order valence-electron chi connectivity index (χ3n) is 4.05. The number of likely N-dealkylation sites (tertiary alicyclic amines) is 1. The molecule has 0 radical (unpaired) electrons. The number of aliphatic hydroxyl groups is 1. The minimum absolute atomic E-state index is 0.0971. The van der Waals surface area contributed by atoms with Crippen LogP contribution in [0.25, 0.3) is 0 Å². The number of rotatable bonds is 6. The number of β-amino-alcohol motifs (C(OH)–C–C–N with tert-alkyl or cyclic N) is 1. The summed E-state index contributed by atoms with van der Waals surface area (Å²) in [5, 5.41) is 13.6. The van der Waals surface area contributed by atoms with E-state index in [1.54, 1.807) is 24.0 Å². The Kier molecular flexibility index (Phi) is 5.28. The third kappa shape index (κ3) is 4.33. The lowest BCUT2D eigenvalue weighted by Gasteiger charge is -2.21. The van der Waals surface area contributed by atoms with Gasteiger partial charge in [-0.3, -0.25) is 4.79 Å². The zero-order chi connectivity index (χ0) is 17.8. The maximum Gasteiger partial charge on any atom is 0.249 e. The second kappa shape index (κ2) is 7.60. The molecule has 2 aromatic rings. The standard InChI is InChI=1S/C17H20FN3O4/c1-11-19-17(25-20-11)15-9-13(22)10-21(15)16(23)3-2-8-24-14-6-4-12(18)5-7-14/h4-7,13,15,22H,2-3,8-10H2,1H3/t13-,15-/m1/s1. The van der Waals surface area contributed by atoms with Crippen LogP contribution < -0.4 is 4.74 Å². The van der Waals surface area contributed by atoms with Crippen LogP contribution in [-0.4, -0.2) is 45.3 Å². The molecule has 1 aliphatic rings. The Morgan fingerprint density at radius 3 is 2.88 bits per heavy atom. The molecule has 0 saturated carbocycles. The Morgan fingerprint density at radius 2 is 2.20 bits per heavy atom. The molecule has 0 unspecified atom stereocenters. The monoisotopic (exact) mass is 349 g/mol. The zero-order valence-electron chi connectivity index (χ0n) is 13.9. The van der Waals surface area contributed by atoms with E-state index in [1.807, 2.05) is 0 Å². The Balaban J connectivity index is 1.50. The third-order valence-corrected chi connectivity index (χ3v) is 4.05. The number of nitrogens with zero attached hydrogens (tertiary/aromatic N) is 3. The van der Waals surface area contributed by atoms with Crippen molar-refractivity contribution in [2.24, 2.45) is 0 Å². The van der Waals surface area contributed by atoms with Crippen LogP contribution in [0.4, 0.5) is 4.39 Å². The minimum atomic E-state index is -0.600. The van der Waals surface area contributed by atoms with Gasteiger partial charge in [-0.15, -0.1) is 0 Å². The van der Waals surface area contributed by atoms with Crippen LogP contribution in [-0.2, 0) is 4.79 Å². The molecule has 1 aromatic carbocycles. The first-order valence-corrected chi connectivity index (χ1v) is 8.19. The van der Waals surface area contributed by atoms with E-state index in [0.717, 1.165) is 0 Å². The van der Waals surface area contributed by atoms with Gasteiger partial charge in [0.1, 0.15) is 17.6 Å². The normalized spacial score (nSPS) is 20.0. The average Bonchev–Trinajstić information content (AvgIpc) is 3.18. The summed E-state index contributed by atoms with van der Waals surface area (Å²) in [7, 11) is 0. The van der Waals surface area contributed by atoms with Crippen LogP contribution in [0.5, 0.6) is 5.75 Å². The number of carbonyl (C=O) groups is 1. The molecule has 1 N–H and O–H groups in total. The van der Waals surface area contributed by atoms with Crippen molar-refractivity contribution >= 4 is 5.91 Å². The van der Waals surface area contributed by atoms with Crippen molar-refractivity contribution in [1.82, 2.24) is 15.0 Å². The van der Waals surface area contributed by atoms with E-state index >= 15 is 0 Å². The number of benzene rings is 1. The van der Waals surface area contributed by atoms with Gasteiger partial charge in [-0.05, 0) is 37.6 Å². The van der Waals surface area contributed by atoms with Crippen LogP contribution in [0.15, 0.2) is 28.8 Å². The van der Waals surface area contributed by atoms with Crippen molar-refractivity contribution in [2.45, 2.75) is 38.3 Å². The smallest absolute Gasteiger partial charge is 0.249 e. The zero-order valence-corrected chi connectivity index (χ0v) is 13.9. The molecule has 1 aromatic heterocycles. The molecular formula is C17H20FN3O4. The van der Waals surface area contributed by atoms with Crippen molar-refractivity contribution in [3.8, 4) is 5.75 Å².